The molecule has 6 nitrogen and oxygen atoms in total. The average molecular weight is 678 g/mol. The van der Waals surface area contributed by atoms with Crippen molar-refractivity contribution in [3.05, 3.63) is 12.2 Å². The molecule has 48 heavy (non-hydrogen) atoms. The monoisotopic (exact) mass is 678 g/mol. The van der Waals surface area contributed by atoms with Crippen molar-refractivity contribution in [3.8, 4) is 0 Å². The molecule has 1 unspecified atom stereocenters. The highest BCUT2D eigenvalue weighted by atomic mass is 16.5. The fraction of sp³-hybridized carbons (Fsp3) is 0.881. The van der Waals surface area contributed by atoms with E-state index in [0.717, 1.165) is 64.2 Å². The summed E-state index contributed by atoms with van der Waals surface area (Å²) in [5.74, 6) is -1.23. The smallest absolute Gasteiger partial charge is 0.322 e. The Bertz CT molecular complexity index is 752. The summed E-state index contributed by atoms with van der Waals surface area (Å²) in [6, 6.07) is 0. The van der Waals surface area contributed by atoms with Gasteiger partial charge in [0.2, 0.25) is 5.91 Å². The van der Waals surface area contributed by atoms with E-state index in [1.54, 1.807) is 0 Å². The van der Waals surface area contributed by atoms with Crippen LogP contribution in [0.1, 0.15) is 226 Å². The maximum absolute atomic E-state index is 12.7. The van der Waals surface area contributed by atoms with E-state index in [4.69, 9.17) is 9.84 Å². The predicted molar refractivity (Wildman–Crippen MR) is 203 cm³/mol. The fourth-order valence-electron chi connectivity index (χ4n) is 6.32. The zero-order valence-corrected chi connectivity index (χ0v) is 31.9. The van der Waals surface area contributed by atoms with Crippen LogP contribution in [-0.2, 0) is 19.1 Å². The number of unbranched alkanes of at least 4 members (excludes halogenated alkanes) is 25. The van der Waals surface area contributed by atoms with E-state index in [-0.39, 0.29) is 24.5 Å². The lowest BCUT2D eigenvalue weighted by molar-refractivity contribution is -0.150. The van der Waals surface area contributed by atoms with Gasteiger partial charge in [-0.25, -0.2) is 0 Å². The zero-order valence-electron chi connectivity index (χ0n) is 31.9. The largest absolute Gasteiger partial charge is 0.480 e. The number of nitrogens with one attached hydrogen (secondary N) is 1. The molecule has 1 atom stereocenters. The van der Waals surface area contributed by atoms with Gasteiger partial charge < -0.3 is 15.2 Å². The quantitative estimate of drug-likeness (QED) is 0.0385. The second kappa shape index (κ2) is 38.0. The molecule has 0 saturated heterocycles. The van der Waals surface area contributed by atoms with Gasteiger partial charge in [0.15, 0.2) is 0 Å². The molecular formula is C42H79NO5. The van der Waals surface area contributed by atoms with Crippen molar-refractivity contribution in [1.29, 1.82) is 0 Å². The SMILES string of the molecule is CCCC/C=C\CCCCCCCC(=O)OC(CCCCCCCCCCCCCCCCC)CCCCCCCC(=O)NCC(=O)O. The lowest BCUT2D eigenvalue weighted by Crippen LogP contribution is -2.28. The molecule has 0 rings (SSSR count). The molecule has 0 bridgehead atoms. The minimum atomic E-state index is -1.01. The predicted octanol–water partition coefficient (Wildman–Crippen LogP) is 12.6. The third-order valence-corrected chi connectivity index (χ3v) is 9.44. The Morgan fingerprint density at radius 1 is 0.521 bits per heavy atom. The number of hydrogen-bond donors (Lipinski definition) is 2. The van der Waals surface area contributed by atoms with Crippen LogP contribution in [0.5, 0.6) is 0 Å². The molecule has 0 spiro atoms. The average Bonchev–Trinajstić information content (AvgIpc) is 3.07. The van der Waals surface area contributed by atoms with E-state index in [2.05, 4.69) is 31.3 Å². The Hall–Kier alpha value is -1.85. The lowest BCUT2D eigenvalue weighted by atomic mass is 10.0. The third kappa shape index (κ3) is 37.0. The Labute approximate surface area is 297 Å². The van der Waals surface area contributed by atoms with E-state index in [1.165, 1.54) is 135 Å². The first-order valence-electron chi connectivity index (χ1n) is 20.8. The van der Waals surface area contributed by atoms with Crippen LogP contribution < -0.4 is 5.32 Å². The summed E-state index contributed by atoms with van der Waals surface area (Å²) in [6.45, 7) is 4.20. The number of carboxylic acids is 1. The second-order valence-corrected chi connectivity index (χ2v) is 14.2. The van der Waals surface area contributed by atoms with Crippen LogP contribution in [0.2, 0.25) is 0 Å². The van der Waals surface area contributed by atoms with Crippen molar-refractivity contribution in [1.82, 2.24) is 5.32 Å². The molecule has 2 N–H and O–H groups in total. The van der Waals surface area contributed by atoms with E-state index in [1.807, 2.05) is 0 Å². The normalized spacial score (nSPS) is 12.0. The summed E-state index contributed by atoms with van der Waals surface area (Å²) < 4.78 is 6.02. The van der Waals surface area contributed by atoms with Crippen molar-refractivity contribution < 1.29 is 24.2 Å². The van der Waals surface area contributed by atoms with Crippen LogP contribution >= 0.6 is 0 Å². The molecule has 6 heteroatoms. The van der Waals surface area contributed by atoms with Crippen LogP contribution in [-0.4, -0.2) is 35.6 Å². The van der Waals surface area contributed by atoms with Crippen molar-refractivity contribution in [2.45, 2.75) is 232 Å². The summed E-state index contributed by atoms with van der Waals surface area (Å²) in [5.41, 5.74) is 0. The molecule has 0 aliphatic rings. The summed E-state index contributed by atoms with van der Waals surface area (Å²) in [6.07, 6.45) is 43.3. The van der Waals surface area contributed by atoms with Crippen molar-refractivity contribution in [3.63, 3.8) is 0 Å². The molecule has 0 saturated carbocycles. The number of amides is 1. The van der Waals surface area contributed by atoms with Gasteiger partial charge >= 0.3 is 11.9 Å². The van der Waals surface area contributed by atoms with Gasteiger partial charge in [0, 0.05) is 12.8 Å². The first-order chi connectivity index (χ1) is 23.5. The molecule has 0 aromatic heterocycles. The van der Waals surface area contributed by atoms with Gasteiger partial charge in [-0.3, -0.25) is 14.4 Å². The summed E-state index contributed by atoms with van der Waals surface area (Å²) in [7, 11) is 0. The number of esters is 1. The van der Waals surface area contributed by atoms with Gasteiger partial charge in [0.25, 0.3) is 0 Å². The van der Waals surface area contributed by atoms with Gasteiger partial charge in [0.05, 0.1) is 0 Å². The first kappa shape index (κ1) is 46.1. The number of rotatable bonds is 38. The van der Waals surface area contributed by atoms with Crippen molar-refractivity contribution in [2.24, 2.45) is 0 Å². The Morgan fingerprint density at radius 3 is 1.40 bits per heavy atom. The molecular weight excluding hydrogens is 598 g/mol. The molecule has 0 aliphatic carbocycles. The molecule has 0 fully saturated rings. The van der Waals surface area contributed by atoms with Crippen LogP contribution in [0.15, 0.2) is 12.2 Å². The molecule has 282 valence electrons. The lowest BCUT2D eigenvalue weighted by Gasteiger charge is -2.18. The Balaban J connectivity index is 4.15. The number of carbonyl (C=O) groups excluding carboxylic acids is 2. The second-order valence-electron chi connectivity index (χ2n) is 14.2. The number of carbonyl (C=O) groups is 3. The summed E-state index contributed by atoms with van der Waals surface area (Å²) in [4.78, 5) is 34.9. The van der Waals surface area contributed by atoms with E-state index >= 15 is 0 Å². The number of carboxylic acid groups (broad SMARTS) is 1. The third-order valence-electron chi connectivity index (χ3n) is 9.44. The highest BCUT2D eigenvalue weighted by molar-refractivity contribution is 5.80. The van der Waals surface area contributed by atoms with Gasteiger partial charge in [-0.15, -0.1) is 0 Å². The summed E-state index contributed by atoms with van der Waals surface area (Å²) >= 11 is 0. The highest BCUT2D eigenvalue weighted by Crippen LogP contribution is 2.19. The van der Waals surface area contributed by atoms with Crippen LogP contribution in [0.4, 0.5) is 0 Å². The number of allylic oxidation sites excluding steroid dienone is 2. The minimum Gasteiger partial charge on any atom is -0.480 e. The topological polar surface area (TPSA) is 92.7 Å². The first-order valence-corrected chi connectivity index (χ1v) is 20.8. The van der Waals surface area contributed by atoms with E-state index in [9.17, 15) is 14.4 Å². The standard InChI is InChI=1S/C42H79NO5/c1-3-5-7-9-11-13-15-16-17-18-20-21-23-26-30-34-39(35-31-27-25-28-32-36-40(44)43-38-41(45)46)48-42(47)37-33-29-24-22-19-14-12-10-8-6-4-2/h10,12,39H,3-9,11,13-38H2,1-2H3,(H,43,44)(H,45,46)/b12-10-. The Kier molecular flexibility index (Phi) is 36.5. The van der Waals surface area contributed by atoms with Gasteiger partial charge in [0.1, 0.15) is 12.6 Å². The molecule has 0 aromatic rings. The van der Waals surface area contributed by atoms with Crippen molar-refractivity contribution >= 4 is 17.8 Å². The maximum atomic E-state index is 12.7. The highest BCUT2D eigenvalue weighted by Gasteiger charge is 2.14. The molecule has 0 aromatic carbocycles. The van der Waals surface area contributed by atoms with Gasteiger partial charge in [-0.05, 0) is 57.8 Å². The maximum Gasteiger partial charge on any atom is 0.322 e. The van der Waals surface area contributed by atoms with Gasteiger partial charge in [-0.2, -0.15) is 0 Å². The van der Waals surface area contributed by atoms with E-state index < -0.39 is 5.97 Å². The molecule has 1 amide bonds. The number of ether oxygens (including phenoxy) is 1. The minimum absolute atomic E-state index is 0.0211. The molecule has 0 radical (unpaired) electrons. The fourth-order valence-corrected chi connectivity index (χ4v) is 6.32. The molecule has 0 aliphatic heterocycles. The number of aliphatic carboxylic acids is 1. The van der Waals surface area contributed by atoms with E-state index in [0.29, 0.717) is 12.8 Å². The zero-order chi connectivity index (χ0) is 35.2. The van der Waals surface area contributed by atoms with Crippen LogP contribution in [0.25, 0.3) is 0 Å². The van der Waals surface area contributed by atoms with Crippen molar-refractivity contribution in [2.75, 3.05) is 6.54 Å². The number of hydrogen-bond acceptors (Lipinski definition) is 4. The van der Waals surface area contributed by atoms with Crippen LogP contribution in [0.3, 0.4) is 0 Å². The molecule has 0 heterocycles. The summed E-state index contributed by atoms with van der Waals surface area (Å²) in [5, 5.41) is 11.1. The Morgan fingerprint density at radius 2 is 0.917 bits per heavy atom. The van der Waals surface area contributed by atoms with Gasteiger partial charge in [-0.1, -0.05) is 167 Å². The van der Waals surface area contributed by atoms with Crippen LogP contribution in [0, 0.1) is 0 Å².